The van der Waals surface area contributed by atoms with E-state index in [1.165, 1.54) is 18.2 Å². The second-order valence-corrected chi connectivity index (χ2v) is 6.18. The summed E-state index contributed by atoms with van der Waals surface area (Å²) >= 11 is 0. The number of nitrogens with one attached hydrogen (secondary N) is 1. The van der Waals surface area contributed by atoms with Crippen molar-refractivity contribution >= 4 is 23.4 Å². The first-order chi connectivity index (χ1) is 12.0. The van der Waals surface area contributed by atoms with Crippen LogP contribution in [0.3, 0.4) is 0 Å². The van der Waals surface area contributed by atoms with Gasteiger partial charge < -0.3 is 10.1 Å². The highest BCUT2D eigenvalue weighted by atomic mass is 19.3. The highest BCUT2D eigenvalue weighted by molar-refractivity contribution is 6.08. The maximum Gasteiger partial charge on any atom is 0.387 e. The minimum Gasteiger partial charge on any atom is -0.433 e. The summed E-state index contributed by atoms with van der Waals surface area (Å²) in [5, 5.41) is 2.42. The summed E-state index contributed by atoms with van der Waals surface area (Å²) in [6.45, 7) is -3.45. The molecular weight excluding hydrogens is 334 g/mol. The van der Waals surface area contributed by atoms with Gasteiger partial charge in [-0.15, -0.1) is 0 Å². The molecule has 0 aromatic heterocycles. The number of carbonyl (C=O) groups is 3. The number of para-hydroxylation sites is 2. The number of alkyl halides is 2. The van der Waals surface area contributed by atoms with Crippen LogP contribution in [0.2, 0.25) is 0 Å². The van der Waals surface area contributed by atoms with Gasteiger partial charge in [-0.25, -0.2) is 0 Å². The van der Waals surface area contributed by atoms with Crippen LogP contribution in [0.4, 0.5) is 14.5 Å². The number of rotatable bonds is 5. The normalized spacial score (nSPS) is 22.9. The van der Waals surface area contributed by atoms with Gasteiger partial charge in [0.2, 0.25) is 17.7 Å². The molecule has 1 aromatic carbocycles. The summed E-state index contributed by atoms with van der Waals surface area (Å²) in [5.74, 6) is -2.11. The van der Waals surface area contributed by atoms with Crippen molar-refractivity contribution in [3.05, 3.63) is 24.3 Å². The van der Waals surface area contributed by atoms with Gasteiger partial charge in [-0.3, -0.25) is 19.3 Å². The fourth-order valence-electron chi connectivity index (χ4n) is 3.49. The summed E-state index contributed by atoms with van der Waals surface area (Å²) in [7, 11) is 0. The van der Waals surface area contributed by atoms with E-state index in [1.54, 1.807) is 6.07 Å². The Morgan fingerprint density at radius 2 is 1.76 bits per heavy atom. The Morgan fingerprint density at radius 1 is 1.16 bits per heavy atom. The second kappa shape index (κ2) is 7.16. The first-order valence-electron chi connectivity index (χ1n) is 8.16. The van der Waals surface area contributed by atoms with E-state index in [4.69, 9.17) is 0 Å². The number of hydrogen-bond donors (Lipinski definition) is 1. The molecule has 3 rings (SSSR count). The molecule has 8 heteroatoms. The lowest BCUT2D eigenvalue weighted by Gasteiger charge is -2.19. The lowest BCUT2D eigenvalue weighted by Crippen LogP contribution is -2.38. The van der Waals surface area contributed by atoms with Crippen molar-refractivity contribution < 1.29 is 27.9 Å². The highest BCUT2D eigenvalue weighted by Gasteiger charge is 2.48. The third-order valence-electron chi connectivity index (χ3n) is 4.61. The number of fused-ring (bicyclic) bond motifs is 1. The molecule has 1 aliphatic heterocycles. The molecule has 1 saturated heterocycles. The molecule has 0 unspecified atom stereocenters. The minimum absolute atomic E-state index is 0.0595. The zero-order valence-corrected chi connectivity index (χ0v) is 13.4. The monoisotopic (exact) mass is 352 g/mol. The number of anilines is 1. The summed E-state index contributed by atoms with van der Waals surface area (Å²) in [6, 6.07) is 5.74. The van der Waals surface area contributed by atoms with Crippen LogP contribution in [0, 0.1) is 11.8 Å². The van der Waals surface area contributed by atoms with Gasteiger partial charge in [0, 0.05) is 0 Å². The van der Waals surface area contributed by atoms with Crippen molar-refractivity contribution in [2.24, 2.45) is 11.8 Å². The van der Waals surface area contributed by atoms with Crippen LogP contribution >= 0.6 is 0 Å². The molecule has 2 atom stereocenters. The minimum atomic E-state index is -3.03. The smallest absolute Gasteiger partial charge is 0.387 e. The molecule has 3 amide bonds. The average molecular weight is 352 g/mol. The summed E-state index contributed by atoms with van der Waals surface area (Å²) < 4.78 is 29.2. The van der Waals surface area contributed by atoms with Gasteiger partial charge in [0.1, 0.15) is 12.3 Å². The summed E-state index contributed by atoms with van der Waals surface area (Å²) in [4.78, 5) is 37.9. The Bertz CT molecular complexity index is 671. The fraction of sp³-hybridized carbons (Fsp3) is 0.471. The summed E-state index contributed by atoms with van der Waals surface area (Å²) in [6.07, 6.45) is 3.13. The number of nitrogens with zero attached hydrogens (tertiary/aromatic N) is 1. The van der Waals surface area contributed by atoms with Crippen LogP contribution in [-0.4, -0.2) is 35.8 Å². The first-order valence-corrected chi connectivity index (χ1v) is 8.16. The predicted molar refractivity (Wildman–Crippen MR) is 83.9 cm³/mol. The second-order valence-electron chi connectivity index (χ2n) is 6.18. The van der Waals surface area contributed by atoms with Crippen molar-refractivity contribution in [2.75, 3.05) is 11.9 Å². The molecule has 1 aromatic rings. The Balaban J connectivity index is 1.67. The van der Waals surface area contributed by atoms with Gasteiger partial charge in [0.05, 0.1) is 17.5 Å². The Kier molecular flexibility index (Phi) is 4.96. The van der Waals surface area contributed by atoms with Gasteiger partial charge in [0.15, 0.2) is 0 Å². The van der Waals surface area contributed by atoms with Crippen LogP contribution in [0.25, 0.3) is 0 Å². The van der Waals surface area contributed by atoms with E-state index in [1.807, 2.05) is 0 Å². The summed E-state index contributed by atoms with van der Waals surface area (Å²) in [5.41, 5.74) is 0.0595. The molecule has 25 heavy (non-hydrogen) atoms. The van der Waals surface area contributed by atoms with E-state index in [-0.39, 0.29) is 35.1 Å². The number of likely N-dealkylation sites (tertiary alicyclic amines) is 1. The standard InChI is InChI=1S/C17H18F2N2O4/c18-17(19)25-13-8-4-3-7-12(13)20-14(22)9-21-15(23)10-5-1-2-6-11(10)16(21)24/h3-4,7-8,10-11,17H,1-2,5-6,9H2,(H,20,22)/t10-,11-/m1/s1. The van der Waals surface area contributed by atoms with Crippen LogP contribution in [0.15, 0.2) is 24.3 Å². The van der Waals surface area contributed by atoms with Crippen LogP contribution < -0.4 is 10.1 Å². The first kappa shape index (κ1) is 17.3. The van der Waals surface area contributed by atoms with Crippen molar-refractivity contribution in [3.8, 4) is 5.75 Å². The van der Waals surface area contributed by atoms with Crippen molar-refractivity contribution in [1.82, 2.24) is 4.90 Å². The lowest BCUT2D eigenvalue weighted by atomic mass is 9.81. The molecule has 134 valence electrons. The van der Waals surface area contributed by atoms with Gasteiger partial charge in [-0.2, -0.15) is 8.78 Å². The third-order valence-corrected chi connectivity index (χ3v) is 4.61. The van der Waals surface area contributed by atoms with Crippen molar-refractivity contribution in [1.29, 1.82) is 0 Å². The number of benzene rings is 1. The molecular formula is C17H18F2N2O4. The fourth-order valence-corrected chi connectivity index (χ4v) is 3.49. The maximum absolute atomic E-state index is 12.4. The van der Waals surface area contributed by atoms with Crippen LogP contribution in [0.5, 0.6) is 5.75 Å². The molecule has 1 saturated carbocycles. The van der Waals surface area contributed by atoms with E-state index in [9.17, 15) is 23.2 Å². The topological polar surface area (TPSA) is 75.7 Å². The molecule has 6 nitrogen and oxygen atoms in total. The Hall–Kier alpha value is -2.51. The van der Waals surface area contributed by atoms with Crippen molar-refractivity contribution in [3.63, 3.8) is 0 Å². The van der Waals surface area contributed by atoms with E-state index >= 15 is 0 Å². The number of amides is 3. The highest BCUT2D eigenvalue weighted by Crippen LogP contribution is 2.38. The maximum atomic E-state index is 12.4. The van der Waals surface area contributed by atoms with E-state index in [0.29, 0.717) is 12.8 Å². The molecule has 1 aliphatic carbocycles. The zero-order valence-electron chi connectivity index (χ0n) is 13.4. The van der Waals surface area contributed by atoms with Gasteiger partial charge in [-0.1, -0.05) is 25.0 Å². The Morgan fingerprint density at radius 3 is 2.36 bits per heavy atom. The van der Waals surface area contributed by atoms with Crippen LogP contribution in [-0.2, 0) is 14.4 Å². The number of carbonyl (C=O) groups excluding carboxylic acids is 3. The number of imide groups is 1. The largest absolute Gasteiger partial charge is 0.433 e. The lowest BCUT2D eigenvalue weighted by molar-refractivity contribution is -0.142. The molecule has 0 spiro atoms. The quantitative estimate of drug-likeness (QED) is 0.826. The molecule has 2 aliphatic rings. The van der Waals surface area contributed by atoms with Crippen molar-refractivity contribution in [2.45, 2.75) is 32.3 Å². The third kappa shape index (κ3) is 3.62. The SMILES string of the molecule is O=C(CN1C(=O)[C@@H]2CCCC[C@H]2C1=O)Nc1ccccc1OC(F)F. The zero-order chi connectivity index (χ0) is 18.0. The molecule has 2 fully saturated rings. The van der Waals surface area contributed by atoms with E-state index in [2.05, 4.69) is 10.1 Å². The van der Waals surface area contributed by atoms with Gasteiger partial charge in [0.25, 0.3) is 0 Å². The number of ether oxygens (including phenoxy) is 1. The predicted octanol–water partition coefficient (Wildman–Crippen LogP) is 2.40. The number of halogens is 2. The molecule has 1 heterocycles. The van der Waals surface area contributed by atoms with E-state index < -0.39 is 19.1 Å². The van der Waals surface area contributed by atoms with Gasteiger partial charge in [-0.05, 0) is 25.0 Å². The van der Waals surface area contributed by atoms with Crippen LogP contribution in [0.1, 0.15) is 25.7 Å². The average Bonchev–Trinajstić information content (AvgIpc) is 2.82. The number of hydrogen-bond acceptors (Lipinski definition) is 4. The molecule has 0 bridgehead atoms. The van der Waals surface area contributed by atoms with E-state index in [0.717, 1.165) is 17.7 Å². The Labute approximate surface area is 143 Å². The molecule has 1 N–H and O–H groups in total. The van der Waals surface area contributed by atoms with Gasteiger partial charge >= 0.3 is 6.61 Å². The molecule has 0 radical (unpaired) electrons.